The summed E-state index contributed by atoms with van der Waals surface area (Å²) >= 11 is 0. The molecule has 2 aromatic rings. The van der Waals surface area contributed by atoms with Crippen molar-refractivity contribution in [1.82, 2.24) is 14.4 Å². The summed E-state index contributed by atoms with van der Waals surface area (Å²) in [7, 11) is -3.62. The average Bonchev–Trinajstić information content (AvgIpc) is 3.41. The molecule has 4 rings (SSSR count). The number of aromatic nitrogens is 2. The summed E-state index contributed by atoms with van der Waals surface area (Å²) in [4.78, 5) is 4.41. The van der Waals surface area contributed by atoms with Gasteiger partial charge < -0.3 is 4.52 Å². The smallest absolute Gasteiger partial charge is 0.339 e. The van der Waals surface area contributed by atoms with Crippen molar-refractivity contribution in [3.8, 4) is 0 Å². The Kier molecular flexibility index (Phi) is 5.41. The molecule has 2 aliphatic rings. The lowest BCUT2D eigenvalue weighted by Crippen LogP contribution is -2.41. The van der Waals surface area contributed by atoms with Crippen LogP contribution in [-0.4, -0.2) is 36.0 Å². The van der Waals surface area contributed by atoms with Crippen LogP contribution in [-0.2, 0) is 28.4 Å². The molecule has 0 spiro atoms. The van der Waals surface area contributed by atoms with E-state index in [-0.39, 0.29) is 11.7 Å². The van der Waals surface area contributed by atoms with Gasteiger partial charge in [-0.1, -0.05) is 17.3 Å². The van der Waals surface area contributed by atoms with E-state index in [4.69, 9.17) is 4.52 Å². The third-order valence-electron chi connectivity index (χ3n) is 5.40. The SMILES string of the molecule is O=S(=O)(Cc1ccc(C(F)(F)F)cc1)N1CCCC(Cc2nc(C3CC3)no2)C1. The minimum Gasteiger partial charge on any atom is -0.339 e. The zero-order valence-corrected chi connectivity index (χ0v) is 16.5. The lowest BCUT2D eigenvalue weighted by molar-refractivity contribution is -0.137. The van der Waals surface area contributed by atoms with Crippen molar-refractivity contribution in [3.05, 3.63) is 47.1 Å². The molecular formula is C19H22F3N3O3S. The number of hydrogen-bond acceptors (Lipinski definition) is 5. The number of benzene rings is 1. The molecule has 1 saturated carbocycles. The largest absolute Gasteiger partial charge is 0.416 e. The Hall–Kier alpha value is -1.94. The highest BCUT2D eigenvalue weighted by Crippen LogP contribution is 2.38. The van der Waals surface area contributed by atoms with Gasteiger partial charge in [-0.05, 0) is 49.3 Å². The van der Waals surface area contributed by atoms with Crippen LogP contribution >= 0.6 is 0 Å². The van der Waals surface area contributed by atoms with Crippen LogP contribution in [0.25, 0.3) is 0 Å². The first-order valence-electron chi connectivity index (χ1n) is 9.67. The summed E-state index contributed by atoms with van der Waals surface area (Å²) in [5.41, 5.74) is -0.451. The number of piperidine rings is 1. The van der Waals surface area contributed by atoms with Crippen molar-refractivity contribution in [2.75, 3.05) is 13.1 Å². The van der Waals surface area contributed by atoms with E-state index in [1.54, 1.807) is 0 Å². The predicted octanol–water partition coefficient (Wildman–Crippen LogP) is 3.75. The number of nitrogens with zero attached hydrogens (tertiary/aromatic N) is 3. The van der Waals surface area contributed by atoms with Crippen LogP contribution in [0.2, 0.25) is 0 Å². The summed E-state index contributed by atoms with van der Waals surface area (Å²) in [6.45, 7) is 0.765. The van der Waals surface area contributed by atoms with E-state index < -0.39 is 21.8 Å². The zero-order valence-electron chi connectivity index (χ0n) is 15.7. The summed E-state index contributed by atoms with van der Waals surface area (Å²) in [5, 5.41) is 3.99. The molecule has 158 valence electrons. The Labute approximate surface area is 167 Å². The van der Waals surface area contributed by atoms with Crippen molar-refractivity contribution in [2.24, 2.45) is 5.92 Å². The molecule has 1 aromatic carbocycles. The van der Waals surface area contributed by atoms with Gasteiger partial charge in [0.1, 0.15) is 0 Å². The highest BCUT2D eigenvalue weighted by molar-refractivity contribution is 7.88. The zero-order chi connectivity index (χ0) is 20.6. The van der Waals surface area contributed by atoms with E-state index in [9.17, 15) is 21.6 Å². The maximum atomic E-state index is 12.8. The summed E-state index contributed by atoms with van der Waals surface area (Å²) in [5.74, 6) is 1.45. The Morgan fingerprint density at radius 1 is 1.14 bits per heavy atom. The highest BCUT2D eigenvalue weighted by Gasteiger charge is 2.33. The van der Waals surface area contributed by atoms with Gasteiger partial charge in [0.2, 0.25) is 15.9 Å². The fourth-order valence-corrected chi connectivity index (χ4v) is 5.28. The number of halogens is 3. The molecule has 29 heavy (non-hydrogen) atoms. The summed E-state index contributed by atoms with van der Waals surface area (Å²) in [6, 6.07) is 4.27. The highest BCUT2D eigenvalue weighted by atomic mass is 32.2. The van der Waals surface area contributed by atoms with Crippen LogP contribution in [0.5, 0.6) is 0 Å². The molecular weight excluding hydrogens is 407 g/mol. The molecule has 0 bridgehead atoms. The van der Waals surface area contributed by atoms with Crippen molar-refractivity contribution < 1.29 is 26.1 Å². The average molecular weight is 429 g/mol. The van der Waals surface area contributed by atoms with Crippen LogP contribution in [0.3, 0.4) is 0 Å². The maximum Gasteiger partial charge on any atom is 0.416 e. The molecule has 1 unspecified atom stereocenters. The summed E-state index contributed by atoms with van der Waals surface area (Å²) < 4.78 is 70.3. The maximum absolute atomic E-state index is 12.8. The van der Waals surface area contributed by atoms with Gasteiger partial charge in [-0.2, -0.15) is 18.2 Å². The second-order valence-corrected chi connectivity index (χ2v) is 9.81. The molecule has 1 saturated heterocycles. The molecule has 0 radical (unpaired) electrons. The topological polar surface area (TPSA) is 76.3 Å². The van der Waals surface area contributed by atoms with E-state index in [2.05, 4.69) is 10.1 Å². The molecule has 2 heterocycles. The third kappa shape index (κ3) is 4.98. The molecule has 1 atom stereocenters. The summed E-state index contributed by atoms with van der Waals surface area (Å²) in [6.07, 6.45) is -0.150. The number of rotatable bonds is 6. The minimum atomic E-state index is -4.44. The molecule has 1 aliphatic heterocycles. The van der Waals surface area contributed by atoms with Crippen molar-refractivity contribution >= 4 is 10.0 Å². The van der Waals surface area contributed by atoms with Crippen molar-refractivity contribution in [1.29, 1.82) is 0 Å². The molecule has 1 aliphatic carbocycles. The second kappa shape index (κ2) is 7.71. The van der Waals surface area contributed by atoms with Crippen LogP contribution in [0.1, 0.15) is 54.4 Å². The molecule has 6 nitrogen and oxygen atoms in total. The van der Waals surface area contributed by atoms with Gasteiger partial charge in [-0.15, -0.1) is 0 Å². The minimum absolute atomic E-state index is 0.0821. The fourth-order valence-electron chi connectivity index (χ4n) is 3.64. The van der Waals surface area contributed by atoms with Crippen molar-refractivity contribution in [2.45, 2.75) is 50.0 Å². The first-order chi connectivity index (χ1) is 13.7. The first kappa shape index (κ1) is 20.3. The van der Waals surface area contributed by atoms with E-state index >= 15 is 0 Å². The number of sulfonamides is 1. The van der Waals surface area contributed by atoms with E-state index in [0.29, 0.717) is 36.9 Å². The van der Waals surface area contributed by atoms with Crippen LogP contribution < -0.4 is 0 Å². The predicted molar refractivity (Wildman–Crippen MR) is 98.3 cm³/mol. The number of hydrogen-bond donors (Lipinski definition) is 0. The lowest BCUT2D eigenvalue weighted by atomic mass is 9.96. The van der Waals surface area contributed by atoms with Gasteiger partial charge in [0.25, 0.3) is 0 Å². The monoisotopic (exact) mass is 429 g/mol. The first-order valence-corrected chi connectivity index (χ1v) is 11.3. The van der Waals surface area contributed by atoms with Crippen LogP contribution in [0, 0.1) is 5.92 Å². The normalized spacial score (nSPS) is 21.4. The lowest BCUT2D eigenvalue weighted by Gasteiger charge is -2.31. The van der Waals surface area contributed by atoms with E-state index in [0.717, 1.165) is 43.6 Å². The van der Waals surface area contributed by atoms with Gasteiger partial charge in [-0.25, -0.2) is 12.7 Å². The van der Waals surface area contributed by atoms with Crippen molar-refractivity contribution in [3.63, 3.8) is 0 Å². The molecule has 10 heteroatoms. The third-order valence-corrected chi connectivity index (χ3v) is 7.21. The molecule has 0 N–H and O–H groups in total. The van der Waals surface area contributed by atoms with Crippen LogP contribution in [0.15, 0.2) is 28.8 Å². The van der Waals surface area contributed by atoms with Gasteiger partial charge in [0.05, 0.1) is 11.3 Å². The van der Waals surface area contributed by atoms with E-state index in [1.807, 2.05) is 0 Å². The molecule has 0 amide bonds. The Bertz CT molecular complexity index is 953. The van der Waals surface area contributed by atoms with Crippen LogP contribution in [0.4, 0.5) is 13.2 Å². The fraction of sp³-hybridized carbons (Fsp3) is 0.579. The Morgan fingerprint density at radius 2 is 1.86 bits per heavy atom. The van der Waals surface area contributed by atoms with Gasteiger partial charge in [0.15, 0.2) is 5.82 Å². The molecule has 1 aromatic heterocycles. The van der Waals surface area contributed by atoms with E-state index in [1.165, 1.54) is 16.4 Å². The molecule has 2 fully saturated rings. The van der Waals surface area contributed by atoms with Gasteiger partial charge in [-0.3, -0.25) is 0 Å². The van der Waals surface area contributed by atoms with Gasteiger partial charge >= 0.3 is 6.18 Å². The quantitative estimate of drug-likeness (QED) is 0.699. The Balaban J connectivity index is 1.38. The Morgan fingerprint density at radius 3 is 2.52 bits per heavy atom. The second-order valence-electron chi connectivity index (χ2n) is 7.84. The van der Waals surface area contributed by atoms with Gasteiger partial charge in [0, 0.05) is 25.4 Å². The number of alkyl halides is 3. The standard InChI is InChI=1S/C19H22F3N3O3S/c20-19(21,22)16-7-3-13(4-8-16)12-29(26,27)25-9-1-2-14(11-25)10-17-23-18(24-28-17)15-5-6-15/h3-4,7-8,14-15H,1-2,5-6,9-12H2.